The third-order valence-corrected chi connectivity index (χ3v) is 6.90. The predicted octanol–water partition coefficient (Wildman–Crippen LogP) is 6.79. The van der Waals surface area contributed by atoms with Gasteiger partial charge in [0.2, 0.25) is 0 Å². The molecule has 0 aliphatic heterocycles. The molecule has 0 radical (unpaired) electrons. The van der Waals surface area contributed by atoms with Crippen LogP contribution in [0.25, 0.3) is 0 Å². The van der Waals surface area contributed by atoms with Crippen molar-refractivity contribution in [3.8, 4) is 0 Å². The summed E-state index contributed by atoms with van der Waals surface area (Å²) in [5.41, 5.74) is 0. The summed E-state index contributed by atoms with van der Waals surface area (Å²) in [4.78, 5) is 12.3. The maximum atomic E-state index is 12.3. The van der Waals surface area contributed by atoms with Crippen LogP contribution in [0, 0.1) is 29.6 Å². The number of carbonyl (C=O) groups excluding carboxylic acids is 1. The molecule has 0 bridgehead atoms. The highest BCUT2D eigenvalue weighted by Gasteiger charge is 2.35. The summed E-state index contributed by atoms with van der Waals surface area (Å²) >= 11 is 0. The number of rotatable bonds is 8. The Labute approximate surface area is 145 Å². The molecule has 0 saturated heterocycles. The Kier molecular flexibility index (Phi) is 8.13. The summed E-state index contributed by atoms with van der Waals surface area (Å²) in [7, 11) is 0. The topological polar surface area (TPSA) is 17.1 Å². The summed E-state index contributed by atoms with van der Waals surface area (Å²) in [5, 5.41) is 0. The highest BCUT2D eigenvalue weighted by Crippen LogP contribution is 2.45. The van der Waals surface area contributed by atoms with Gasteiger partial charge >= 0.3 is 0 Å². The molecule has 1 heteroatoms. The van der Waals surface area contributed by atoms with Crippen LogP contribution in [0.2, 0.25) is 0 Å². The van der Waals surface area contributed by atoms with E-state index in [9.17, 15) is 4.79 Å². The minimum Gasteiger partial charge on any atom is -0.299 e. The van der Waals surface area contributed by atoms with Crippen LogP contribution >= 0.6 is 0 Å². The lowest BCUT2D eigenvalue weighted by Gasteiger charge is -2.41. The van der Waals surface area contributed by atoms with Gasteiger partial charge in [-0.3, -0.25) is 4.79 Å². The fourth-order valence-corrected chi connectivity index (χ4v) is 5.52. The smallest absolute Gasteiger partial charge is 0.135 e. The van der Waals surface area contributed by atoms with Crippen molar-refractivity contribution in [2.75, 3.05) is 0 Å². The van der Waals surface area contributed by atoms with E-state index >= 15 is 0 Å². The van der Waals surface area contributed by atoms with Crippen LogP contribution in [0.4, 0.5) is 0 Å². The number of hydrogen-bond donors (Lipinski definition) is 0. The third-order valence-electron chi connectivity index (χ3n) is 6.90. The Balaban J connectivity index is 1.73. The van der Waals surface area contributed by atoms with Crippen LogP contribution in [0.15, 0.2) is 0 Å². The molecule has 3 unspecified atom stereocenters. The highest BCUT2D eigenvalue weighted by atomic mass is 16.1. The minimum absolute atomic E-state index is 0.412. The van der Waals surface area contributed by atoms with Gasteiger partial charge in [0, 0.05) is 12.3 Å². The van der Waals surface area contributed by atoms with Gasteiger partial charge in [-0.25, -0.2) is 0 Å². The molecule has 0 aromatic rings. The van der Waals surface area contributed by atoms with E-state index in [1.54, 1.807) is 0 Å². The number of unbranched alkanes of at least 4 members (excludes halogenated alkanes) is 2. The quantitative estimate of drug-likeness (QED) is 0.450. The lowest BCUT2D eigenvalue weighted by molar-refractivity contribution is -0.124. The monoisotopic (exact) mass is 320 g/mol. The maximum Gasteiger partial charge on any atom is 0.135 e. The van der Waals surface area contributed by atoms with Gasteiger partial charge in [0.15, 0.2) is 0 Å². The van der Waals surface area contributed by atoms with E-state index in [4.69, 9.17) is 0 Å². The predicted molar refractivity (Wildman–Crippen MR) is 99.5 cm³/mol. The SMILES string of the molecule is CCCCCC(=O)C1CCC(C2CCC(CCC)CC2C)CC1. The summed E-state index contributed by atoms with van der Waals surface area (Å²) in [5.74, 6) is 4.79. The standard InChI is InChI=1S/C22H40O/c1-4-6-7-9-22(23)20-13-11-19(12-14-20)21-15-10-18(8-5-2)16-17(21)3/h17-21H,4-16H2,1-3H3. The van der Waals surface area contributed by atoms with Gasteiger partial charge in [-0.2, -0.15) is 0 Å². The molecule has 0 amide bonds. The molecule has 2 aliphatic carbocycles. The molecule has 2 rings (SSSR count). The van der Waals surface area contributed by atoms with Gasteiger partial charge in [0.25, 0.3) is 0 Å². The molecule has 0 N–H and O–H groups in total. The fourth-order valence-electron chi connectivity index (χ4n) is 5.52. The van der Waals surface area contributed by atoms with Crippen LogP contribution < -0.4 is 0 Å². The summed E-state index contributed by atoms with van der Waals surface area (Å²) in [6.07, 6.45) is 16.7. The van der Waals surface area contributed by atoms with Crippen molar-refractivity contribution in [1.82, 2.24) is 0 Å². The van der Waals surface area contributed by atoms with Crippen molar-refractivity contribution >= 4 is 5.78 Å². The number of Topliss-reactive ketones (excluding diaryl/α,β-unsaturated/α-hetero) is 1. The second-order valence-electron chi connectivity index (χ2n) is 8.64. The van der Waals surface area contributed by atoms with Crippen molar-refractivity contribution in [2.24, 2.45) is 29.6 Å². The van der Waals surface area contributed by atoms with Gasteiger partial charge < -0.3 is 0 Å². The molecule has 3 atom stereocenters. The fraction of sp³-hybridized carbons (Fsp3) is 0.955. The molecule has 0 aromatic heterocycles. The lowest BCUT2D eigenvalue weighted by Crippen LogP contribution is -2.32. The van der Waals surface area contributed by atoms with Crippen LogP contribution in [-0.2, 0) is 4.79 Å². The van der Waals surface area contributed by atoms with E-state index in [1.165, 1.54) is 70.6 Å². The first kappa shape index (κ1) is 19.0. The van der Waals surface area contributed by atoms with Crippen LogP contribution in [0.1, 0.15) is 104 Å². The third kappa shape index (κ3) is 5.61. The second kappa shape index (κ2) is 9.84. The number of carbonyl (C=O) groups is 1. The van der Waals surface area contributed by atoms with Crippen LogP contribution in [-0.4, -0.2) is 5.78 Å². The summed E-state index contributed by atoms with van der Waals surface area (Å²) in [6.45, 7) is 7.05. The maximum absolute atomic E-state index is 12.3. The number of hydrogen-bond acceptors (Lipinski definition) is 1. The van der Waals surface area contributed by atoms with Crippen molar-refractivity contribution < 1.29 is 4.79 Å². The summed E-state index contributed by atoms with van der Waals surface area (Å²) in [6, 6.07) is 0. The molecule has 23 heavy (non-hydrogen) atoms. The first-order valence-electron chi connectivity index (χ1n) is 10.7. The van der Waals surface area contributed by atoms with E-state index in [-0.39, 0.29) is 0 Å². The molecule has 2 saturated carbocycles. The average molecular weight is 321 g/mol. The molecule has 0 heterocycles. The molecule has 134 valence electrons. The van der Waals surface area contributed by atoms with E-state index in [0.717, 1.165) is 36.5 Å². The first-order valence-corrected chi connectivity index (χ1v) is 10.7. The Morgan fingerprint density at radius 1 is 0.913 bits per heavy atom. The zero-order chi connectivity index (χ0) is 16.7. The molecular formula is C22H40O. The molecule has 1 nitrogen and oxygen atoms in total. The normalized spacial score (nSPS) is 35.2. The Bertz CT molecular complexity index is 340. The zero-order valence-electron chi connectivity index (χ0n) is 16.0. The van der Waals surface area contributed by atoms with Crippen molar-refractivity contribution in [3.05, 3.63) is 0 Å². The van der Waals surface area contributed by atoms with Crippen molar-refractivity contribution in [3.63, 3.8) is 0 Å². The van der Waals surface area contributed by atoms with Gasteiger partial charge in [-0.15, -0.1) is 0 Å². The molecule has 0 aromatic carbocycles. The first-order chi connectivity index (χ1) is 11.2. The largest absolute Gasteiger partial charge is 0.299 e. The average Bonchev–Trinajstić information content (AvgIpc) is 2.56. The second-order valence-corrected chi connectivity index (χ2v) is 8.64. The van der Waals surface area contributed by atoms with Crippen molar-refractivity contribution in [2.45, 2.75) is 104 Å². The molecular weight excluding hydrogens is 280 g/mol. The molecule has 2 fully saturated rings. The zero-order valence-corrected chi connectivity index (χ0v) is 16.0. The van der Waals surface area contributed by atoms with E-state index in [2.05, 4.69) is 20.8 Å². The Morgan fingerprint density at radius 3 is 2.26 bits per heavy atom. The van der Waals surface area contributed by atoms with E-state index < -0.39 is 0 Å². The van der Waals surface area contributed by atoms with Gasteiger partial charge in [-0.1, -0.05) is 52.9 Å². The van der Waals surface area contributed by atoms with Gasteiger partial charge in [0.05, 0.1) is 0 Å². The lowest BCUT2D eigenvalue weighted by atomic mass is 9.64. The Hall–Kier alpha value is -0.330. The molecule has 0 spiro atoms. The van der Waals surface area contributed by atoms with E-state index in [0.29, 0.717) is 11.7 Å². The van der Waals surface area contributed by atoms with Crippen LogP contribution in [0.5, 0.6) is 0 Å². The van der Waals surface area contributed by atoms with Crippen molar-refractivity contribution in [1.29, 1.82) is 0 Å². The number of ketones is 1. The highest BCUT2D eigenvalue weighted by molar-refractivity contribution is 5.81. The van der Waals surface area contributed by atoms with E-state index in [1.807, 2.05) is 0 Å². The molecule has 2 aliphatic rings. The minimum atomic E-state index is 0.412. The van der Waals surface area contributed by atoms with Crippen LogP contribution in [0.3, 0.4) is 0 Å². The van der Waals surface area contributed by atoms with Gasteiger partial charge in [0.1, 0.15) is 5.78 Å². The Morgan fingerprint density at radius 2 is 1.65 bits per heavy atom. The van der Waals surface area contributed by atoms with Gasteiger partial charge in [-0.05, 0) is 68.6 Å². The summed E-state index contributed by atoms with van der Waals surface area (Å²) < 4.78 is 0.